The maximum Gasteiger partial charge on any atom is 0.0702 e. The summed E-state index contributed by atoms with van der Waals surface area (Å²) in [4.78, 5) is 0. The minimum atomic E-state index is -0.00959. The van der Waals surface area contributed by atoms with Crippen LogP contribution >= 0.6 is 0 Å². The number of anilines is 1. The van der Waals surface area contributed by atoms with Gasteiger partial charge in [0.15, 0.2) is 0 Å². The second-order valence-corrected chi connectivity index (χ2v) is 5.14. The standard InChI is InChI=1S/C17H21NO2/c1-12-4-3-5-16(14(8-12)10-19)18-17-7-6-13(2)9-15(17)11-20/h3,5-9,18-20H,4,10-11H2,1-2H3. The van der Waals surface area contributed by atoms with Gasteiger partial charge in [0.25, 0.3) is 0 Å². The molecule has 3 heteroatoms. The highest BCUT2D eigenvalue weighted by molar-refractivity contribution is 5.59. The van der Waals surface area contributed by atoms with Gasteiger partial charge in [-0.15, -0.1) is 0 Å². The molecule has 3 N–H and O–H groups in total. The fourth-order valence-corrected chi connectivity index (χ4v) is 2.28. The van der Waals surface area contributed by atoms with Gasteiger partial charge in [-0.25, -0.2) is 0 Å². The zero-order valence-corrected chi connectivity index (χ0v) is 12.0. The van der Waals surface area contributed by atoms with E-state index in [9.17, 15) is 10.2 Å². The number of aryl methyl sites for hydroxylation is 1. The molecule has 0 spiro atoms. The van der Waals surface area contributed by atoms with E-state index in [1.807, 2.05) is 44.2 Å². The first-order chi connectivity index (χ1) is 9.63. The SMILES string of the molecule is CC1=CC(CO)=C(Nc2ccc(C)cc2CO)C=CC1. The normalized spacial score (nSPS) is 15.1. The first kappa shape index (κ1) is 14.6. The summed E-state index contributed by atoms with van der Waals surface area (Å²) in [5.41, 5.74) is 5.80. The zero-order valence-electron chi connectivity index (χ0n) is 12.0. The molecule has 0 atom stereocenters. The Morgan fingerprint density at radius 2 is 1.95 bits per heavy atom. The van der Waals surface area contributed by atoms with Crippen molar-refractivity contribution in [2.24, 2.45) is 0 Å². The molecule has 1 aliphatic carbocycles. The Bertz CT molecular complexity index is 583. The molecule has 1 aliphatic rings. The summed E-state index contributed by atoms with van der Waals surface area (Å²) in [5.74, 6) is 0. The second-order valence-electron chi connectivity index (χ2n) is 5.14. The number of aliphatic hydroxyl groups excluding tert-OH is 2. The summed E-state index contributed by atoms with van der Waals surface area (Å²) in [6.45, 7) is 4.03. The third-order valence-electron chi connectivity index (χ3n) is 3.36. The van der Waals surface area contributed by atoms with E-state index in [1.165, 1.54) is 5.57 Å². The maximum absolute atomic E-state index is 9.53. The van der Waals surface area contributed by atoms with Crippen LogP contribution in [0.3, 0.4) is 0 Å². The average Bonchev–Trinajstić information content (AvgIpc) is 2.62. The third-order valence-corrected chi connectivity index (χ3v) is 3.36. The van der Waals surface area contributed by atoms with Gasteiger partial charge in [-0.2, -0.15) is 0 Å². The van der Waals surface area contributed by atoms with E-state index in [4.69, 9.17) is 0 Å². The van der Waals surface area contributed by atoms with Crippen molar-refractivity contribution in [3.05, 3.63) is 64.4 Å². The number of aliphatic hydroxyl groups is 2. The zero-order chi connectivity index (χ0) is 14.5. The lowest BCUT2D eigenvalue weighted by Gasteiger charge is -2.14. The predicted molar refractivity (Wildman–Crippen MR) is 82.4 cm³/mol. The second kappa shape index (κ2) is 6.55. The van der Waals surface area contributed by atoms with Crippen LogP contribution in [0.15, 0.2) is 53.3 Å². The molecule has 20 heavy (non-hydrogen) atoms. The first-order valence-corrected chi connectivity index (χ1v) is 6.79. The molecule has 3 nitrogen and oxygen atoms in total. The van der Waals surface area contributed by atoms with Crippen LogP contribution in [0.1, 0.15) is 24.5 Å². The van der Waals surface area contributed by atoms with Crippen LogP contribution in [0.2, 0.25) is 0 Å². The molecule has 0 saturated carbocycles. The molecular weight excluding hydrogens is 250 g/mol. The lowest BCUT2D eigenvalue weighted by Crippen LogP contribution is -2.05. The number of nitrogens with one attached hydrogen (secondary N) is 1. The summed E-state index contributed by atoms with van der Waals surface area (Å²) in [7, 11) is 0. The Kier molecular flexibility index (Phi) is 4.77. The summed E-state index contributed by atoms with van der Waals surface area (Å²) in [5, 5.41) is 22.3. The van der Waals surface area contributed by atoms with Gasteiger partial charge >= 0.3 is 0 Å². The van der Waals surface area contributed by atoms with Crippen molar-refractivity contribution < 1.29 is 10.2 Å². The summed E-state index contributed by atoms with van der Waals surface area (Å²) < 4.78 is 0. The van der Waals surface area contributed by atoms with Gasteiger partial charge in [0.1, 0.15) is 0 Å². The van der Waals surface area contributed by atoms with E-state index in [-0.39, 0.29) is 13.2 Å². The summed E-state index contributed by atoms with van der Waals surface area (Å²) in [6, 6.07) is 5.92. The topological polar surface area (TPSA) is 52.5 Å². The molecule has 1 aromatic rings. The van der Waals surface area contributed by atoms with Crippen LogP contribution in [0.4, 0.5) is 5.69 Å². The average molecular weight is 271 g/mol. The molecule has 0 aromatic heterocycles. The molecule has 0 saturated heterocycles. The van der Waals surface area contributed by atoms with Crippen LogP contribution in [0.5, 0.6) is 0 Å². The number of allylic oxidation sites excluding steroid dienone is 3. The molecule has 106 valence electrons. The molecule has 0 radical (unpaired) electrons. The molecule has 0 heterocycles. The summed E-state index contributed by atoms with van der Waals surface area (Å²) >= 11 is 0. The molecular formula is C17H21NO2. The van der Waals surface area contributed by atoms with Gasteiger partial charge in [0.2, 0.25) is 0 Å². The fourth-order valence-electron chi connectivity index (χ4n) is 2.28. The molecule has 0 bridgehead atoms. The van der Waals surface area contributed by atoms with E-state index in [1.54, 1.807) is 0 Å². The van der Waals surface area contributed by atoms with E-state index < -0.39 is 0 Å². The fraction of sp³-hybridized carbons (Fsp3) is 0.294. The number of hydrogen-bond donors (Lipinski definition) is 3. The van der Waals surface area contributed by atoms with Gasteiger partial charge in [0.05, 0.1) is 13.2 Å². The minimum Gasteiger partial charge on any atom is -0.392 e. The Labute approximate surface area is 120 Å². The van der Waals surface area contributed by atoms with Crippen molar-refractivity contribution in [2.75, 3.05) is 11.9 Å². The largest absolute Gasteiger partial charge is 0.392 e. The minimum absolute atomic E-state index is 0.00959. The van der Waals surface area contributed by atoms with Gasteiger partial charge in [-0.1, -0.05) is 35.4 Å². The lowest BCUT2D eigenvalue weighted by atomic mass is 10.1. The number of hydrogen-bond acceptors (Lipinski definition) is 3. The van der Waals surface area contributed by atoms with Crippen LogP contribution in [0, 0.1) is 6.92 Å². The molecule has 0 fully saturated rings. The van der Waals surface area contributed by atoms with Crippen LogP contribution in [-0.4, -0.2) is 16.8 Å². The van der Waals surface area contributed by atoms with Crippen LogP contribution in [0.25, 0.3) is 0 Å². The van der Waals surface area contributed by atoms with E-state index in [0.717, 1.165) is 34.5 Å². The van der Waals surface area contributed by atoms with Crippen molar-refractivity contribution in [3.8, 4) is 0 Å². The smallest absolute Gasteiger partial charge is 0.0702 e. The first-order valence-electron chi connectivity index (χ1n) is 6.79. The molecule has 0 aliphatic heterocycles. The van der Waals surface area contributed by atoms with Gasteiger partial charge in [-0.3, -0.25) is 0 Å². The predicted octanol–water partition coefficient (Wildman–Crippen LogP) is 3.05. The quantitative estimate of drug-likeness (QED) is 0.789. The maximum atomic E-state index is 9.53. The lowest BCUT2D eigenvalue weighted by molar-refractivity contribution is 0.282. The van der Waals surface area contributed by atoms with Gasteiger partial charge in [-0.05, 0) is 32.4 Å². The van der Waals surface area contributed by atoms with Gasteiger partial charge < -0.3 is 15.5 Å². The van der Waals surface area contributed by atoms with Gasteiger partial charge in [0, 0.05) is 22.5 Å². The van der Waals surface area contributed by atoms with Crippen LogP contribution < -0.4 is 5.32 Å². The van der Waals surface area contributed by atoms with Crippen molar-refractivity contribution in [3.63, 3.8) is 0 Å². The highest BCUT2D eigenvalue weighted by Gasteiger charge is 2.08. The van der Waals surface area contributed by atoms with E-state index in [2.05, 4.69) is 11.4 Å². The molecule has 0 amide bonds. The Hall–Kier alpha value is -1.84. The molecule has 1 aromatic carbocycles. The Morgan fingerprint density at radius 1 is 1.15 bits per heavy atom. The summed E-state index contributed by atoms with van der Waals surface area (Å²) in [6.07, 6.45) is 6.95. The highest BCUT2D eigenvalue weighted by Crippen LogP contribution is 2.23. The number of benzene rings is 1. The van der Waals surface area contributed by atoms with Crippen molar-refractivity contribution in [1.82, 2.24) is 0 Å². The van der Waals surface area contributed by atoms with E-state index in [0.29, 0.717) is 0 Å². The molecule has 2 rings (SSSR count). The van der Waals surface area contributed by atoms with Crippen molar-refractivity contribution in [2.45, 2.75) is 26.9 Å². The van der Waals surface area contributed by atoms with Crippen LogP contribution in [-0.2, 0) is 6.61 Å². The van der Waals surface area contributed by atoms with Crippen molar-refractivity contribution in [1.29, 1.82) is 0 Å². The molecule has 0 unspecified atom stereocenters. The monoisotopic (exact) mass is 271 g/mol. The Balaban J connectivity index is 2.37. The third kappa shape index (κ3) is 3.38. The van der Waals surface area contributed by atoms with E-state index >= 15 is 0 Å². The highest BCUT2D eigenvalue weighted by atomic mass is 16.3. The Morgan fingerprint density at radius 3 is 2.65 bits per heavy atom. The number of rotatable bonds is 4. The van der Waals surface area contributed by atoms with Crippen molar-refractivity contribution >= 4 is 5.69 Å².